The highest BCUT2D eigenvalue weighted by atomic mass is 35.5. The molecule has 0 unspecified atom stereocenters. The highest BCUT2D eigenvalue weighted by Gasteiger charge is 2.43. The fraction of sp³-hybridized carbons (Fsp3) is 0.424. The van der Waals surface area contributed by atoms with E-state index in [-0.39, 0.29) is 98.9 Å². The minimum absolute atomic E-state index is 0. The summed E-state index contributed by atoms with van der Waals surface area (Å²) < 4.78 is 32.6. The molecule has 0 saturated heterocycles. The molecule has 3 aliphatic heterocycles. The molecule has 0 bridgehead atoms. The number of Topliss-reactive ketones (excluding diaryl/α,β-unsaturated/α-hetero) is 5. The largest absolute Gasteiger partial charge is 1.00 e. The molecule has 0 saturated carbocycles. The molecule has 0 atom stereocenters. The highest BCUT2D eigenvalue weighted by Crippen LogP contribution is 2.48. The lowest BCUT2D eigenvalue weighted by atomic mass is 9.81. The van der Waals surface area contributed by atoms with Crippen molar-refractivity contribution in [3.63, 3.8) is 0 Å². The van der Waals surface area contributed by atoms with E-state index in [9.17, 15) is 47.3 Å². The molecule has 8 aromatic rings. The molecule has 3 aliphatic rings. The van der Waals surface area contributed by atoms with Gasteiger partial charge < -0.3 is 42.0 Å². The van der Waals surface area contributed by atoms with Crippen molar-refractivity contribution in [3.05, 3.63) is 241 Å². The van der Waals surface area contributed by atoms with Crippen LogP contribution in [0.3, 0.4) is 0 Å². The molecule has 25 heteroatoms. The quantitative estimate of drug-likeness (QED) is 0.00968. The number of hydrogen-bond acceptors (Lipinski definition) is 19. The number of ether oxygens (including phenoxy) is 1. The van der Waals surface area contributed by atoms with Gasteiger partial charge in [-0.05, 0) is 135 Å². The summed E-state index contributed by atoms with van der Waals surface area (Å²) in [5.74, 6) is 0.0718. The zero-order chi connectivity index (χ0) is 85.0. The van der Waals surface area contributed by atoms with Crippen LogP contribution in [0.1, 0.15) is 206 Å². The Kier molecular flexibility index (Phi) is 35.1. The second-order valence-electron chi connectivity index (χ2n) is 33.6. The van der Waals surface area contributed by atoms with Crippen LogP contribution in [0.2, 0.25) is 0 Å². The first kappa shape index (κ1) is 96.9. The molecule has 0 spiro atoms. The summed E-state index contributed by atoms with van der Waals surface area (Å²) in [4.78, 5) is 101. The summed E-state index contributed by atoms with van der Waals surface area (Å²) in [5.41, 5.74) is 10.4. The second kappa shape index (κ2) is 42.4. The van der Waals surface area contributed by atoms with Crippen LogP contribution in [0.25, 0.3) is 11.0 Å². The molecule has 0 amide bonds. The summed E-state index contributed by atoms with van der Waals surface area (Å²) in [6, 6.07) is 45.3. The van der Waals surface area contributed by atoms with Gasteiger partial charge in [-0.2, -0.15) is 14.8 Å². The number of halogens is 1. The van der Waals surface area contributed by atoms with E-state index in [1.54, 1.807) is 77.9 Å². The number of nitrogens with zero attached hydrogens (tertiary/aromatic N) is 10. The van der Waals surface area contributed by atoms with E-state index in [1.807, 2.05) is 122 Å². The highest BCUT2D eigenvalue weighted by molar-refractivity contribution is 7.91. The third kappa shape index (κ3) is 26.7. The Morgan fingerprint density at radius 2 is 1.24 bits per heavy atom. The van der Waals surface area contributed by atoms with Crippen LogP contribution in [0.4, 0.5) is 34.3 Å². The number of rotatable bonds is 26. The van der Waals surface area contributed by atoms with E-state index in [2.05, 4.69) is 164 Å². The first-order chi connectivity index (χ1) is 53.9. The smallest absolute Gasteiger partial charge is 0.343 e. The van der Waals surface area contributed by atoms with Crippen molar-refractivity contribution < 1.29 is 59.0 Å². The lowest BCUT2D eigenvalue weighted by Crippen LogP contribution is -3.00. The number of aromatic amines is 2. The molecule has 0 fully saturated rings. The van der Waals surface area contributed by atoms with E-state index in [0.29, 0.717) is 61.6 Å². The number of allylic oxidation sites excluding steroid dienone is 6. The average molecular weight is 1640 g/mol. The van der Waals surface area contributed by atoms with Crippen LogP contribution in [0, 0.1) is 38.2 Å². The number of anilines is 2. The normalized spacial score (nSPS) is 14.1. The van der Waals surface area contributed by atoms with E-state index in [1.165, 1.54) is 33.9 Å². The topological polar surface area (TPSA) is 305 Å². The Morgan fingerprint density at radius 1 is 0.667 bits per heavy atom. The molecule has 0 radical (unpaired) electrons. The third-order valence-electron chi connectivity index (χ3n) is 19.7. The minimum atomic E-state index is -3.40. The Morgan fingerprint density at radius 3 is 1.83 bits per heavy atom. The molecule has 626 valence electrons. The van der Waals surface area contributed by atoms with Gasteiger partial charge in [0.25, 0.3) is 5.56 Å². The fourth-order valence-electron chi connectivity index (χ4n) is 12.8. The van der Waals surface area contributed by atoms with Crippen LogP contribution in [-0.2, 0) is 35.0 Å². The van der Waals surface area contributed by atoms with Crippen molar-refractivity contribution in [2.24, 2.45) is 48.3 Å². The summed E-state index contributed by atoms with van der Waals surface area (Å²) in [6.07, 6.45) is 15.6. The molecule has 2 aromatic heterocycles. The van der Waals surface area contributed by atoms with Gasteiger partial charge >= 0.3 is 5.82 Å². The van der Waals surface area contributed by atoms with Crippen LogP contribution in [0.5, 0.6) is 0 Å². The van der Waals surface area contributed by atoms with E-state index in [0.717, 1.165) is 59.5 Å². The van der Waals surface area contributed by atoms with Gasteiger partial charge in [0.1, 0.15) is 25.3 Å². The van der Waals surface area contributed by atoms with Crippen molar-refractivity contribution in [2.75, 3.05) is 63.1 Å². The maximum atomic E-state index is 12.5. The van der Waals surface area contributed by atoms with Crippen LogP contribution in [-0.4, -0.2) is 126 Å². The number of nitro groups is 1. The maximum Gasteiger partial charge on any atom is 0.343 e. The number of nitrogens with one attached hydrogen (secondary N) is 2. The number of unbranched alkanes of at least 4 members (excludes halogenated alkanes) is 2. The Labute approximate surface area is 696 Å². The lowest BCUT2D eigenvalue weighted by molar-refractivity contribution is -0.401. The summed E-state index contributed by atoms with van der Waals surface area (Å²) in [7, 11) is 2.70. The predicted molar refractivity (Wildman–Crippen MR) is 464 cm³/mol. The minimum Gasteiger partial charge on any atom is -1.00 e. The number of carbonyl (C=O) groups excluding carboxylic acids is 5. The number of sulfone groups is 1. The second-order valence-corrected chi connectivity index (χ2v) is 35.7. The monoisotopic (exact) mass is 1630 g/mol. The SMILES string of the molecule is C.CC(C)(C)C(=O)c1cc([N+](=O)[O-])[nH]n1.CC(C)(C)C(=O)c1ccc2c(c1)=NCN=2.CC(C)(C)C(=O)c1nc2ccccc2[nH]c1=O.CC(C)C(=O)CCCCCN1C(=CC=CC=CC2=[N+](C)c3ccccc3C2(C)C)C(C)(C)c2ccccc21.CC(C)C(=O)CCOCCCS(=O)(=O)c1ccc(N=Nc2ccc(N(C)C)cc2)cc1.[Cl-]. The molecule has 117 heavy (non-hydrogen) atoms. The molecule has 23 nitrogen and oxygen atoms in total. The van der Waals surface area contributed by atoms with E-state index >= 15 is 0 Å². The summed E-state index contributed by atoms with van der Waals surface area (Å²) >= 11 is 0. The van der Waals surface area contributed by atoms with Gasteiger partial charge in [-0.1, -0.05) is 190 Å². The summed E-state index contributed by atoms with van der Waals surface area (Å²) in [6.45, 7) is 35.3. The standard InChI is InChI=1S/C35H45N2O.C23H31N3O4S.C13H14N2O2.C12H14N2O.C8H11N3O3.CH4.ClH/c1-26(2)31(38)22-10-9-17-25-37-30-21-16-14-19-28(30)35(5,6)33(37)24-12-8-11-23-32-34(3,4)27-18-13-15-20-29(27)36(32)7;1-18(2)23(27)14-16-30-15-5-17-31(28,29)22-12-8-20(9-13-22)25-24-19-6-10-21(11-7-19)26(3)4;1-13(2,3)11(16)10-12(17)15-9-7-5-4-6-8(9)14-10;1-12(2,3)11(15)8-4-5-9-10(6-8)14-7-13-9;1-8(2,3)7(12)5-4-6(10-9-5)11(13)14;;/h8,11-16,18-21,23-24,26H,9-10,17,22,25H2,1-7H3;6-13,18H,5,14-17H2,1-4H3;4-7H,1-3H3,(H,15,17);4-6H,7H2,1-3H3;4H,1-3H3,(H,9,10);1H4;1H/q+1;;;;;;/p-1. The van der Waals surface area contributed by atoms with Crippen LogP contribution >= 0.6 is 0 Å². The molecule has 2 N–H and O–H groups in total. The molecule has 5 heterocycles. The van der Waals surface area contributed by atoms with Gasteiger partial charge in [0.15, 0.2) is 44.3 Å². The van der Waals surface area contributed by atoms with E-state index < -0.39 is 31.1 Å². The van der Waals surface area contributed by atoms with Gasteiger partial charge in [0, 0.05) is 114 Å². The number of para-hydroxylation sites is 4. The first-order valence-corrected chi connectivity index (χ1v) is 40.7. The zero-order valence-corrected chi connectivity index (χ0v) is 72.5. The van der Waals surface area contributed by atoms with Crippen LogP contribution in [0.15, 0.2) is 212 Å². The van der Waals surface area contributed by atoms with Gasteiger partial charge in [-0.3, -0.25) is 38.8 Å². The van der Waals surface area contributed by atoms with E-state index in [4.69, 9.17) is 4.74 Å². The molecule has 6 aromatic carbocycles. The van der Waals surface area contributed by atoms with Crippen molar-refractivity contribution >= 4 is 89.8 Å². The Balaban J connectivity index is 0.000000275. The van der Waals surface area contributed by atoms with Gasteiger partial charge in [-0.15, -0.1) is 5.10 Å². The fourth-order valence-corrected chi connectivity index (χ4v) is 14.0. The van der Waals surface area contributed by atoms with Gasteiger partial charge in [0.2, 0.25) is 5.69 Å². The number of carbonyl (C=O) groups is 5. The van der Waals surface area contributed by atoms with Crippen molar-refractivity contribution in [1.82, 2.24) is 20.2 Å². The molecule has 0 aliphatic carbocycles. The molecule has 11 rings (SSSR count). The van der Waals surface area contributed by atoms with Crippen molar-refractivity contribution in [1.29, 1.82) is 0 Å². The number of H-pyrrole nitrogens is 2. The van der Waals surface area contributed by atoms with Crippen LogP contribution < -0.4 is 38.5 Å². The van der Waals surface area contributed by atoms with Crippen molar-refractivity contribution in [3.8, 4) is 0 Å². The Bertz CT molecular complexity index is 5280. The third-order valence-corrected chi connectivity index (χ3v) is 21.5. The lowest BCUT2D eigenvalue weighted by Gasteiger charge is -2.27. The number of ketones is 5. The number of aromatic nitrogens is 4. The Hall–Kier alpha value is -10.7. The van der Waals surface area contributed by atoms with Gasteiger partial charge in [0.05, 0.1) is 61.9 Å². The number of hydrogen-bond donors (Lipinski definition) is 2. The first-order valence-electron chi connectivity index (χ1n) is 39.1. The summed E-state index contributed by atoms with van der Waals surface area (Å²) in [5, 5.41) is 26.2. The zero-order valence-electron chi connectivity index (χ0n) is 70.9. The number of benzene rings is 6. The molecular formula is C92H119ClN12O11S. The predicted octanol–water partition coefficient (Wildman–Crippen LogP) is 15.7. The number of azo groups is 1. The van der Waals surface area contributed by atoms with Crippen molar-refractivity contribution in [2.45, 2.75) is 179 Å². The maximum absolute atomic E-state index is 12.5. The van der Waals surface area contributed by atoms with Gasteiger partial charge in [-0.25, -0.2) is 13.4 Å². The number of fused-ring (bicyclic) bond motifs is 4. The molecular weight excluding hydrogens is 1520 g/mol. The average Bonchev–Trinajstić information content (AvgIpc) is 1.60.